The van der Waals surface area contributed by atoms with Crippen LogP contribution < -0.4 is 10.6 Å². The number of carbonyl (C=O) groups is 2. The molecule has 1 aromatic rings. The van der Waals surface area contributed by atoms with Crippen LogP contribution in [0, 0.1) is 0 Å². The van der Waals surface area contributed by atoms with E-state index in [0.29, 0.717) is 6.54 Å². The van der Waals surface area contributed by atoms with E-state index in [2.05, 4.69) is 20.7 Å². The van der Waals surface area contributed by atoms with Crippen LogP contribution in [0.25, 0.3) is 0 Å². The van der Waals surface area contributed by atoms with E-state index in [1.807, 2.05) is 20.2 Å². The van der Waals surface area contributed by atoms with E-state index in [0.717, 1.165) is 17.7 Å². The van der Waals surface area contributed by atoms with Gasteiger partial charge in [-0.1, -0.05) is 6.92 Å². The minimum Gasteiger partial charge on any atom is -0.288 e. The molecule has 0 saturated carbocycles. The molecule has 7 heteroatoms. The zero-order chi connectivity index (χ0) is 12.4. The van der Waals surface area contributed by atoms with Gasteiger partial charge in [0.05, 0.1) is 12.2 Å². The first-order chi connectivity index (χ1) is 8.10. The van der Waals surface area contributed by atoms with Crippen LogP contribution in [0.2, 0.25) is 0 Å². The van der Waals surface area contributed by atoms with Gasteiger partial charge < -0.3 is 0 Å². The lowest BCUT2D eigenvalue weighted by Gasteiger charge is -1.97. The third-order valence-electron chi connectivity index (χ3n) is 2.40. The summed E-state index contributed by atoms with van der Waals surface area (Å²) < 4.78 is 1.72. The average Bonchev–Trinajstić information content (AvgIpc) is 2.80. The average molecular weight is 235 g/mol. The molecule has 0 unspecified atom stereocenters. The Morgan fingerprint density at radius 3 is 2.59 bits per heavy atom. The first-order valence-corrected chi connectivity index (χ1v) is 5.28. The fraction of sp³-hybridized carbons (Fsp3) is 0.400. The Morgan fingerprint density at radius 2 is 2.00 bits per heavy atom. The van der Waals surface area contributed by atoms with Gasteiger partial charge in [0.1, 0.15) is 0 Å². The van der Waals surface area contributed by atoms with Crippen LogP contribution in [-0.2, 0) is 29.6 Å². The molecule has 1 saturated heterocycles. The van der Waals surface area contributed by atoms with Gasteiger partial charge in [-0.15, -0.1) is 0 Å². The monoisotopic (exact) mass is 235 g/mol. The molecule has 0 spiro atoms. The molecule has 1 aliphatic heterocycles. The maximum Gasteiger partial charge on any atom is 0.316 e. The van der Waals surface area contributed by atoms with Crippen molar-refractivity contribution in [2.24, 2.45) is 12.0 Å². The van der Waals surface area contributed by atoms with Crippen molar-refractivity contribution in [3.8, 4) is 0 Å². The number of aromatic nitrogens is 2. The summed E-state index contributed by atoms with van der Waals surface area (Å²) >= 11 is 0. The Morgan fingerprint density at radius 1 is 1.35 bits per heavy atom. The van der Waals surface area contributed by atoms with Crippen molar-refractivity contribution < 1.29 is 9.59 Å². The first-order valence-electron chi connectivity index (χ1n) is 5.28. The molecule has 1 aliphatic rings. The molecule has 2 N–H and O–H groups in total. The van der Waals surface area contributed by atoms with Crippen LogP contribution in [-0.4, -0.2) is 27.6 Å². The van der Waals surface area contributed by atoms with Gasteiger partial charge in [0.15, 0.2) is 0 Å². The normalized spacial score (nSPS) is 14.8. The highest BCUT2D eigenvalue weighted by molar-refractivity contribution is 6.45. The first kappa shape index (κ1) is 11.3. The molecule has 7 nitrogen and oxygen atoms in total. The van der Waals surface area contributed by atoms with Crippen molar-refractivity contribution in [1.82, 2.24) is 20.4 Å². The van der Waals surface area contributed by atoms with Crippen molar-refractivity contribution in [2.75, 3.05) is 0 Å². The van der Waals surface area contributed by atoms with Crippen molar-refractivity contribution in [2.45, 2.75) is 19.9 Å². The lowest BCUT2D eigenvalue weighted by Crippen LogP contribution is -2.25. The molecule has 1 aromatic heterocycles. The fourth-order valence-corrected chi connectivity index (χ4v) is 1.62. The molecule has 0 atom stereocenters. The van der Waals surface area contributed by atoms with Gasteiger partial charge in [0.25, 0.3) is 0 Å². The SMILES string of the molecule is CCc1nn(C)cc1CN=C1NC(=O)C(=O)N1. The van der Waals surface area contributed by atoms with Crippen LogP contribution in [0.5, 0.6) is 0 Å². The Labute approximate surface area is 97.9 Å². The van der Waals surface area contributed by atoms with Crippen molar-refractivity contribution in [3.05, 3.63) is 17.5 Å². The smallest absolute Gasteiger partial charge is 0.288 e. The Balaban J connectivity index is 2.09. The maximum absolute atomic E-state index is 10.9. The predicted octanol–water partition coefficient (Wildman–Crippen LogP) is -0.915. The Kier molecular flexibility index (Phi) is 2.90. The number of rotatable bonds is 3. The highest BCUT2D eigenvalue weighted by atomic mass is 16.2. The minimum atomic E-state index is -0.675. The van der Waals surface area contributed by atoms with E-state index < -0.39 is 11.8 Å². The number of hydrogen-bond acceptors (Lipinski definition) is 4. The van der Waals surface area contributed by atoms with Gasteiger partial charge >= 0.3 is 11.8 Å². The van der Waals surface area contributed by atoms with Crippen LogP contribution in [0.3, 0.4) is 0 Å². The Bertz CT molecular complexity index is 485. The second kappa shape index (κ2) is 4.36. The molecule has 2 amide bonds. The second-order valence-corrected chi connectivity index (χ2v) is 3.70. The summed E-state index contributed by atoms with van der Waals surface area (Å²) in [6, 6.07) is 0. The van der Waals surface area contributed by atoms with Crippen LogP contribution in [0.1, 0.15) is 18.2 Å². The summed E-state index contributed by atoms with van der Waals surface area (Å²) in [6.45, 7) is 2.39. The van der Waals surface area contributed by atoms with E-state index in [1.165, 1.54) is 0 Å². The lowest BCUT2D eigenvalue weighted by atomic mass is 10.2. The van der Waals surface area contributed by atoms with Gasteiger partial charge in [-0.25, -0.2) is 4.99 Å². The molecule has 2 heterocycles. The molecule has 0 aromatic carbocycles. The number of aliphatic imine (C=N–C) groups is 1. The quantitative estimate of drug-likeness (QED) is 0.664. The molecular formula is C10H13N5O2. The zero-order valence-corrected chi connectivity index (χ0v) is 9.65. The Hall–Kier alpha value is -2.18. The number of nitrogens with zero attached hydrogens (tertiary/aromatic N) is 3. The molecule has 2 rings (SSSR count). The summed E-state index contributed by atoms with van der Waals surface area (Å²) in [4.78, 5) is 25.9. The highest BCUT2D eigenvalue weighted by Gasteiger charge is 2.24. The summed E-state index contributed by atoms with van der Waals surface area (Å²) in [5, 5.41) is 8.96. The van der Waals surface area contributed by atoms with E-state index in [9.17, 15) is 9.59 Å². The molecule has 90 valence electrons. The standard InChI is InChI=1S/C10H13N5O2/c1-3-7-6(5-15(2)14-7)4-11-10-12-8(16)9(17)13-10/h5H,3-4H2,1-2H3,(H2,11,12,13,16,17). The number of guanidine groups is 1. The van der Waals surface area contributed by atoms with Crippen molar-refractivity contribution in [1.29, 1.82) is 0 Å². The molecule has 0 radical (unpaired) electrons. The third-order valence-corrected chi connectivity index (χ3v) is 2.40. The van der Waals surface area contributed by atoms with Gasteiger partial charge in [-0.2, -0.15) is 5.10 Å². The molecule has 0 aliphatic carbocycles. The van der Waals surface area contributed by atoms with Gasteiger partial charge in [0, 0.05) is 18.8 Å². The lowest BCUT2D eigenvalue weighted by molar-refractivity contribution is -0.135. The number of aryl methyl sites for hydroxylation is 2. The number of hydrogen-bond donors (Lipinski definition) is 2. The van der Waals surface area contributed by atoms with Gasteiger partial charge in [-0.3, -0.25) is 24.9 Å². The number of amides is 2. The highest BCUT2D eigenvalue weighted by Crippen LogP contribution is 2.08. The second-order valence-electron chi connectivity index (χ2n) is 3.70. The number of nitrogens with one attached hydrogen (secondary N) is 2. The zero-order valence-electron chi connectivity index (χ0n) is 9.65. The molecule has 1 fully saturated rings. The van der Waals surface area contributed by atoms with Gasteiger partial charge in [-0.05, 0) is 6.42 Å². The van der Waals surface area contributed by atoms with Crippen molar-refractivity contribution in [3.63, 3.8) is 0 Å². The number of carbonyl (C=O) groups excluding carboxylic acids is 2. The van der Waals surface area contributed by atoms with Crippen LogP contribution in [0.15, 0.2) is 11.2 Å². The molecule has 17 heavy (non-hydrogen) atoms. The summed E-state index contributed by atoms with van der Waals surface area (Å²) in [6.07, 6.45) is 2.70. The van der Waals surface area contributed by atoms with Crippen LogP contribution in [0.4, 0.5) is 0 Å². The van der Waals surface area contributed by atoms with E-state index >= 15 is 0 Å². The third kappa shape index (κ3) is 2.32. The topological polar surface area (TPSA) is 88.4 Å². The molecule has 0 bridgehead atoms. The summed E-state index contributed by atoms with van der Waals surface area (Å²) in [5.41, 5.74) is 1.95. The van der Waals surface area contributed by atoms with E-state index in [-0.39, 0.29) is 5.96 Å². The van der Waals surface area contributed by atoms with Crippen molar-refractivity contribution >= 4 is 17.8 Å². The summed E-state index contributed by atoms with van der Waals surface area (Å²) in [7, 11) is 1.84. The van der Waals surface area contributed by atoms with E-state index in [4.69, 9.17) is 0 Å². The van der Waals surface area contributed by atoms with Gasteiger partial charge in [0.2, 0.25) is 5.96 Å². The summed E-state index contributed by atoms with van der Waals surface area (Å²) in [5.74, 6) is -1.15. The van der Waals surface area contributed by atoms with Crippen LogP contribution >= 0.6 is 0 Å². The van der Waals surface area contributed by atoms with E-state index in [1.54, 1.807) is 4.68 Å². The fourth-order valence-electron chi connectivity index (χ4n) is 1.62. The predicted molar refractivity (Wildman–Crippen MR) is 60.0 cm³/mol. The maximum atomic E-state index is 10.9. The largest absolute Gasteiger partial charge is 0.316 e. The minimum absolute atomic E-state index is 0.200. The molecular weight excluding hydrogens is 222 g/mol.